The number of aryl methyl sites for hydroxylation is 2. The molecule has 1 amide bonds. The minimum Gasteiger partial charge on any atom is -0.376 e. The number of hydrogen-bond acceptors (Lipinski definition) is 4. The number of H-pyrrole nitrogens is 1. The zero-order chi connectivity index (χ0) is 14.5. The van der Waals surface area contributed by atoms with Crippen molar-refractivity contribution in [3.8, 4) is 0 Å². The van der Waals surface area contributed by atoms with Gasteiger partial charge in [-0.1, -0.05) is 0 Å². The molecule has 112 valence electrons. The number of amides is 1. The number of rotatable bonds is 5. The molecule has 1 saturated carbocycles. The predicted molar refractivity (Wildman–Crippen MR) is 76.6 cm³/mol. The lowest BCUT2D eigenvalue weighted by Gasteiger charge is -2.26. The van der Waals surface area contributed by atoms with E-state index in [0.717, 1.165) is 37.1 Å². The first-order valence-corrected chi connectivity index (χ1v) is 7.25. The lowest BCUT2D eigenvalue weighted by Crippen LogP contribution is -2.33. The summed E-state index contributed by atoms with van der Waals surface area (Å²) in [6.07, 6.45) is 4.41. The molecule has 2 rings (SSSR count). The summed E-state index contributed by atoms with van der Waals surface area (Å²) in [5.74, 6) is -0.0944. The molecule has 1 aliphatic rings. The van der Waals surface area contributed by atoms with Crippen LogP contribution in [0.5, 0.6) is 0 Å². The van der Waals surface area contributed by atoms with Crippen LogP contribution in [0.15, 0.2) is 0 Å². The number of nitrogens with two attached hydrogens (primary N) is 1. The molecule has 0 atom stereocenters. The van der Waals surface area contributed by atoms with Crippen molar-refractivity contribution in [1.82, 2.24) is 15.5 Å². The van der Waals surface area contributed by atoms with E-state index in [9.17, 15) is 4.79 Å². The average Bonchev–Trinajstić information content (AvgIpc) is 2.76. The Hall–Kier alpha value is -1.40. The first-order valence-electron chi connectivity index (χ1n) is 7.25. The molecular formula is C14H24N4O2. The average molecular weight is 280 g/mol. The van der Waals surface area contributed by atoms with Crippen LogP contribution in [0, 0.1) is 13.8 Å². The van der Waals surface area contributed by atoms with Gasteiger partial charge in [-0.05, 0) is 39.5 Å². The minimum atomic E-state index is -0.0944. The van der Waals surface area contributed by atoms with E-state index in [-0.39, 0.29) is 5.91 Å². The molecular weight excluding hydrogens is 256 g/mol. The Labute approximate surface area is 119 Å². The highest BCUT2D eigenvalue weighted by atomic mass is 16.5. The number of aromatic amines is 1. The molecule has 0 aromatic carbocycles. The summed E-state index contributed by atoms with van der Waals surface area (Å²) >= 11 is 0. The summed E-state index contributed by atoms with van der Waals surface area (Å²) in [5, 5.41) is 9.69. The van der Waals surface area contributed by atoms with Gasteiger partial charge >= 0.3 is 0 Å². The number of carbonyl (C=O) groups is 1. The first kappa shape index (κ1) is 15.0. The second kappa shape index (κ2) is 6.85. The van der Waals surface area contributed by atoms with Gasteiger partial charge in [0.2, 0.25) is 0 Å². The van der Waals surface area contributed by atoms with Crippen LogP contribution in [0.3, 0.4) is 0 Å². The van der Waals surface area contributed by atoms with Crippen molar-refractivity contribution in [3.05, 3.63) is 17.0 Å². The van der Waals surface area contributed by atoms with Crippen LogP contribution < -0.4 is 11.1 Å². The maximum Gasteiger partial charge on any atom is 0.255 e. The molecule has 0 bridgehead atoms. The van der Waals surface area contributed by atoms with Crippen molar-refractivity contribution in [1.29, 1.82) is 0 Å². The molecule has 0 radical (unpaired) electrons. The normalized spacial score (nSPS) is 22.8. The number of nitrogens with one attached hydrogen (secondary N) is 2. The van der Waals surface area contributed by atoms with E-state index in [2.05, 4.69) is 15.5 Å². The van der Waals surface area contributed by atoms with E-state index < -0.39 is 0 Å². The number of nitrogens with zero attached hydrogens (tertiary/aromatic N) is 1. The van der Waals surface area contributed by atoms with Crippen LogP contribution in [0.25, 0.3) is 0 Å². The van der Waals surface area contributed by atoms with Crippen LogP contribution in [-0.4, -0.2) is 41.4 Å². The van der Waals surface area contributed by atoms with Gasteiger partial charge in [-0.15, -0.1) is 0 Å². The van der Waals surface area contributed by atoms with Crippen LogP contribution in [0.1, 0.15) is 47.4 Å². The van der Waals surface area contributed by atoms with E-state index in [1.165, 1.54) is 0 Å². The third-order valence-corrected chi connectivity index (χ3v) is 3.82. The zero-order valence-electron chi connectivity index (χ0n) is 12.2. The van der Waals surface area contributed by atoms with Crippen LogP contribution in [0.4, 0.5) is 0 Å². The minimum absolute atomic E-state index is 0.0944. The number of hydrogen-bond donors (Lipinski definition) is 3. The summed E-state index contributed by atoms with van der Waals surface area (Å²) in [4.78, 5) is 12.0. The van der Waals surface area contributed by atoms with Crippen molar-refractivity contribution in [2.75, 3.05) is 13.2 Å². The second-order valence-corrected chi connectivity index (χ2v) is 5.47. The Morgan fingerprint density at radius 3 is 2.70 bits per heavy atom. The number of carbonyl (C=O) groups excluding carboxylic acids is 1. The fourth-order valence-corrected chi connectivity index (χ4v) is 2.62. The molecule has 1 aliphatic carbocycles. The maximum atomic E-state index is 12.0. The number of aromatic nitrogens is 2. The molecule has 1 aromatic rings. The van der Waals surface area contributed by atoms with E-state index >= 15 is 0 Å². The topological polar surface area (TPSA) is 93.0 Å². The Kier molecular flexibility index (Phi) is 5.14. The monoisotopic (exact) mass is 280 g/mol. The van der Waals surface area contributed by atoms with Gasteiger partial charge in [0, 0.05) is 18.3 Å². The predicted octanol–water partition coefficient (Wildman–Crippen LogP) is 1.04. The molecule has 0 saturated heterocycles. The zero-order valence-corrected chi connectivity index (χ0v) is 12.2. The maximum absolute atomic E-state index is 12.0. The van der Waals surface area contributed by atoms with Crippen LogP contribution >= 0.6 is 0 Å². The number of ether oxygens (including phenoxy) is 1. The molecule has 0 aliphatic heterocycles. The van der Waals surface area contributed by atoms with Gasteiger partial charge in [0.15, 0.2) is 0 Å². The highest BCUT2D eigenvalue weighted by Crippen LogP contribution is 2.19. The summed E-state index contributed by atoms with van der Waals surface area (Å²) in [5.41, 5.74) is 8.00. The Morgan fingerprint density at radius 2 is 2.10 bits per heavy atom. The SMILES string of the molecule is Cc1n[nH]c(C)c1C(=O)NCCOC1CCC(N)CC1. The van der Waals surface area contributed by atoms with E-state index in [1.54, 1.807) is 0 Å². The van der Waals surface area contributed by atoms with Crippen molar-refractivity contribution in [2.24, 2.45) is 5.73 Å². The van der Waals surface area contributed by atoms with Gasteiger partial charge < -0.3 is 15.8 Å². The Morgan fingerprint density at radius 1 is 1.40 bits per heavy atom. The highest BCUT2D eigenvalue weighted by Gasteiger charge is 2.19. The smallest absolute Gasteiger partial charge is 0.255 e. The molecule has 1 aromatic heterocycles. The van der Waals surface area contributed by atoms with Crippen molar-refractivity contribution >= 4 is 5.91 Å². The second-order valence-electron chi connectivity index (χ2n) is 5.47. The van der Waals surface area contributed by atoms with E-state index in [0.29, 0.717) is 30.9 Å². The quantitative estimate of drug-likeness (QED) is 0.703. The van der Waals surface area contributed by atoms with Crippen molar-refractivity contribution in [3.63, 3.8) is 0 Å². The van der Waals surface area contributed by atoms with Crippen LogP contribution in [0.2, 0.25) is 0 Å². The molecule has 1 fully saturated rings. The van der Waals surface area contributed by atoms with Crippen molar-refractivity contribution in [2.45, 2.75) is 51.7 Å². The molecule has 6 heteroatoms. The van der Waals surface area contributed by atoms with Gasteiger partial charge in [0.05, 0.1) is 24.0 Å². The Bertz CT molecular complexity index is 431. The van der Waals surface area contributed by atoms with Gasteiger partial charge in [0.1, 0.15) is 0 Å². The molecule has 0 unspecified atom stereocenters. The lowest BCUT2D eigenvalue weighted by molar-refractivity contribution is 0.0267. The summed E-state index contributed by atoms with van der Waals surface area (Å²) in [6.45, 7) is 4.73. The molecule has 6 nitrogen and oxygen atoms in total. The van der Waals surface area contributed by atoms with Gasteiger partial charge in [-0.3, -0.25) is 9.89 Å². The summed E-state index contributed by atoms with van der Waals surface area (Å²) in [6, 6.07) is 0.335. The Balaban J connectivity index is 1.67. The molecule has 20 heavy (non-hydrogen) atoms. The van der Waals surface area contributed by atoms with Gasteiger partial charge in [-0.2, -0.15) is 5.10 Å². The third kappa shape index (κ3) is 3.80. The molecule has 4 N–H and O–H groups in total. The van der Waals surface area contributed by atoms with E-state index in [4.69, 9.17) is 10.5 Å². The first-order chi connectivity index (χ1) is 9.58. The molecule has 1 heterocycles. The fraction of sp³-hybridized carbons (Fsp3) is 0.714. The van der Waals surface area contributed by atoms with Crippen LogP contribution in [-0.2, 0) is 4.74 Å². The van der Waals surface area contributed by atoms with E-state index in [1.807, 2.05) is 13.8 Å². The highest BCUT2D eigenvalue weighted by molar-refractivity contribution is 5.96. The fourth-order valence-electron chi connectivity index (χ4n) is 2.62. The molecule has 0 spiro atoms. The van der Waals surface area contributed by atoms with Gasteiger partial charge in [0.25, 0.3) is 5.91 Å². The summed E-state index contributed by atoms with van der Waals surface area (Å²) < 4.78 is 5.77. The summed E-state index contributed by atoms with van der Waals surface area (Å²) in [7, 11) is 0. The third-order valence-electron chi connectivity index (χ3n) is 3.82. The lowest BCUT2D eigenvalue weighted by atomic mass is 9.94. The largest absolute Gasteiger partial charge is 0.376 e. The van der Waals surface area contributed by atoms with Crippen molar-refractivity contribution < 1.29 is 9.53 Å². The van der Waals surface area contributed by atoms with Gasteiger partial charge in [-0.25, -0.2) is 0 Å². The standard InChI is InChI=1S/C14H24N4O2/c1-9-13(10(2)18-17-9)14(19)16-7-8-20-12-5-3-11(15)4-6-12/h11-12H,3-8,15H2,1-2H3,(H,16,19)(H,17,18).